The predicted octanol–water partition coefficient (Wildman–Crippen LogP) is -0.743. The summed E-state index contributed by atoms with van der Waals surface area (Å²) in [6.45, 7) is 3.00. The lowest BCUT2D eigenvalue weighted by Crippen LogP contribution is -2.42. The zero-order chi connectivity index (χ0) is 8.15. The van der Waals surface area contributed by atoms with Gasteiger partial charge in [0.1, 0.15) is 6.04 Å². The lowest BCUT2D eigenvalue weighted by Gasteiger charge is -2.09. The van der Waals surface area contributed by atoms with Crippen molar-refractivity contribution in [2.75, 3.05) is 7.05 Å². The van der Waals surface area contributed by atoms with Gasteiger partial charge in [0.05, 0.1) is 0 Å². The van der Waals surface area contributed by atoms with E-state index in [9.17, 15) is 9.59 Å². The fourth-order valence-electron chi connectivity index (χ4n) is 0.587. The van der Waals surface area contributed by atoms with E-state index in [1.54, 1.807) is 6.92 Å². The first-order valence-electron chi connectivity index (χ1n) is 3.06. The smallest absolute Gasteiger partial charge is 0.242 e. The quantitative estimate of drug-likeness (QED) is 0.536. The molecular formula is C6H12N2O2. The van der Waals surface area contributed by atoms with E-state index in [2.05, 4.69) is 10.6 Å². The van der Waals surface area contributed by atoms with Gasteiger partial charge in [-0.2, -0.15) is 0 Å². The summed E-state index contributed by atoms with van der Waals surface area (Å²) in [6.07, 6.45) is 0. The Balaban J connectivity index is 3.72. The molecule has 2 amide bonds. The molecule has 0 spiro atoms. The zero-order valence-corrected chi connectivity index (χ0v) is 6.39. The number of carbonyl (C=O) groups excluding carboxylic acids is 2. The highest BCUT2D eigenvalue weighted by atomic mass is 16.2. The summed E-state index contributed by atoms with van der Waals surface area (Å²) >= 11 is 0. The minimum absolute atomic E-state index is 0.185. The SMILES string of the molecule is CNC(=O)[C@H](C)NC(C)=O. The van der Waals surface area contributed by atoms with Gasteiger partial charge in [-0.1, -0.05) is 0 Å². The Hall–Kier alpha value is -1.06. The molecule has 0 radical (unpaired) electrons. The Kier molecular flexibility index (Phi) is 3.46. The van der Waals surface area contributed by atoms with Crippen molar-refractivity contribution in [2.45, 2.75) is 19.9 Å². The molecular weight excluding hydrogens is 132 g/mol. The third kappa shape index (κ3) is 3.06. The van der Waals surface area contributed by atoms with Crippen LogP contribution in [0.5, 0.6) is 0 Å². The van der Waals surface area contributed by atoms with Gasteiger partial charge in [-0.15, -0.1) is 0 Å². The largest absolute Gasteiger partial charge is 0.357 e. The number of hydrogen-bond donors (Lipinski definition) is 2. The van der Waals surface area contributed by atoms with Crippen molar-refractivity contribution < 1.29 is 9.59 Å². The van der Waals surface area contributed by atoms with Crippen LogP contribution in [0.4, 0.5) is 0 Å². The van der Waals surface area contributed by atoms with Crippen molar-refractivity contribution in [3.63, 3.8) is 0 Å². The van der Waals surface area contributed by atoms with Crippen LogP contribution < -0.4 is 10.6 Å². The van der Waals surface area contributed by atoms with Crippen LogP contribution in [-0.2, 0) is 9.59 Å². The highest BCUT2D eigenvalue weighted by Gasteiger charge is 2.09. The highest BCUT2D eigenvalue weighted by molar-refractivity contribution is 5.86. The summed E-state index contributed by atoms with van der Waals surface area (Å²) in [5.74, 6) is -0.383. The monoisotopic (exact) mass is 144 g/mol. The third-order valence-corrected chi connectivity index (χ3v) is 1.06. The van der Waals surface area contributed by atoms with Crippen molar-refractivity contribution in [2.24, 2.45) is 0 Å². The molecule has 0 bridgehead atoms. The van der Waals surface area contributed by atoms with Crippen LogP contribution >= 0.6 is 0 Å². The Morgan fingerprint density at radius 2 is 1.90 bits per heavy atom. The number of hydrogen-bond acceptors (Lipinski definition) is 2. The fraction of sp³-hybridized carbons (Fsp3) is 0.667. The Morgan fingerprint density at radius 1 is 1.40 bits per heavy atom. The lowest BCUT2D eigenvalue weighted by atomic mass is 10.3. The summed E-state index contributed by atoms with van der Waals surface area (Å²) in [6, 6.07) is -0.442. The van der Waals surface area contributed by atoms with E-state index < -0.39 is 6.04 Å². The molecule has 58 valence electrons. The van der Waals surface area contributed by atoms with Gasteiger partial charge in [-0.3, -0.25) is 9.59 Å². The molecule has 4 heteroatoms. The molecule has 0 aliphatic rings. The van der Waals surface area contributed by atoms with Crippen LogP contribution in [0.2, 0.25) is 0 Å². The lowest BCUT2D eigenvalue weighted by molar-refractivity contribution is -0.127. The van der Waals surface area contributed by atoms with Crippen molar-refractivity contribution in [3.05, 3.63) is 0 Å². The average Bonchev–Trinajstić information content (AvgIpc) is 1.85. The van der Waals surface area contributed by atoms with E-state index in [1.165, 1.54) is 14.0 Å². The van der Waals surface area contributed by atoms with Gasteiger partial charge in [0.25, 0.3) is 0 Å². The standard InChI is InChI=1S/C6H12N2O2/c1-4(6(10)7-3)8-5(2)9/h4H,1-3H3,(H,7,10)(H,8,9)/t4-/m0/s1. The van der Waals surface area contributed by atoms with E-state index in [-0.39, 0.29) is 11.8 Å². The molecule has 2 N–H and O–H groups in total. The molecule has 0 rings (SSSR count). The van der Waals surface area contributed by atoms with Crippen LogP contribution in [0.3, 0.4) is 0 Å². The second-order valence-electron chi connectivity index (χ2n) is 2.04. The van der Waals surface area contributed by atoms with Crippen molar-refractivity contribution >= 4 is 11.8 Å². The van der Waals surface area contributed by atoms with E-state index >= 15 is 0 Å². The van der Waals surface area contributed by atoms with Crippen LogP contribution in [0.25, 0.3) is 0 Å². The molecule has 0 aromatic rings. The van der Waals surface area contributed by atoms with E-state index in [0.29, 0.717) is 0 Å². The second kappa shape index (κ2) is 3.87. The molecule has 0 aromatic heterocycles. The van der Waals surface area contributed by atoms with Crippen LogP contribution in [0, 0.1) is 0 Å². The van der Waals surface area contributed by atoms with Crippen molar-refractivity contribution in [1.29, 1.82) is 0 Å². The maximum Gasteiger partial charge on any atom is 0.242 e. The normalized spacial score (nSPS) is 11.9. The number of likely N-dealkylation sites (N-methyl/N-ethyl adjacent to an activating group) is 1. The predicted molar refractivity (Wildman–Crippen MR) is 37.3 cm³/mol. The van der Waals surface area contributed by atoms with Gasteiger partial charge in [-0.25, -0.2) is 0 Å². The minimum Gasteiger partial charge on any atom is -0.357 e. The van der Waals surface area contributed by atoms with Gasteiger partial charge in [0.15, 0.2) is 0 Å². The molecule has 4 nitrogen and oxygen atoms in total. The van der Waals surface area contributed by atoms with Crippen LogP contribution in [-0.4, -0.2) is 24.9 Å². The Bertz CT molecular complexity index is 145. The molecule has 0 fully saturated rings. The van der Waals surface area contributed by atoms with E-state index in [1.807, 2.05) is 0 Å². The van der Waals surface area contributed by atoms with Gasteiger partial charge >= 0.3 is 0 Å². The first kappa shape index (κ1) is 8.94. The molecule has 0 aromatic carbocycles. The molecule has 0 aliphatic heterocycles. The molecule has 0 heterocycles. The number of nitrogens with one attached hydrogen (secondary N) is 2. The maximum atomic E-state index is 10.7. The number of carbonyl (C=O) groups is 2. The maximum absolute atomic E-state index is 10.7. The summed E-state index contributed by atoms with van der Waals surface area (Å²) in [5, 5.41) is 4.86. The number of rotatable bonds is 2. The number of amides is 2. The summed E-state index contributed by atoms with van der Waals surface area (Å²) in [4.78, 5) is 21.1. The third-order valence-electron chi connectivity index (χ3n) is 1.06. The Labute approximate surface area is 60.0 Å². The van der Waals surface area contributed by atoms with Gasteiger partial charge in [-0.05, 0) is 6.92 Å². The van der Waals surface area contributed by atoms with Gasteiger partial charge < -0.3 is 10.6 Å². The van der Waals surface area contributed by atoms with E-state index in [0.717, 1.165) is 0 Å². The minimum atomic E-state index is -0.442. The van der Waals surface area contributed by atoms with Crippen molar-refractivity contribution in [1.82, 2.24) is 10.6 Å². The summed E-state index contributed by atoms with van der Waals surface area (Å²) in [7, 11) is 1.53. The molecule has 1 atom stereocenters. The zero-order valence-electron chi connectivity index (χ0n) is 6.39. The molecule has 0 aliphatic carbocycles. The first-order valence-corrected chi connectivity index (χ1v) is 3.06. The fourth-order valence-corrected chi connectivity index (χ4v) is 0.587. The van der Waals surface area contributed by atoms with Gasteiger partial charge in [0, 0.05) is 14.0 Å². The summed E-state index contributed by atoms with van der Waals surface area (Å²) < 4.78 is 0. The average molecular weight is 144 g/mol. The van der Waals surface area contributed by atoms with Gasteiger partial charge in [0.2, 0.25) is 11.8 Å². The molecule has 0 saturated carbocycles. The molecule has 0 unspecified atom stereocenters. The highest BCUT2D eigenvalue weighted by Crippen LogP contribution is 1.79. The summed E-state index contributed by atoms with van der Waals surface area (Å²) in [5.41, 5.74) is 0. The second-order valence-corrected chi connectivity index (χ2v) is 2.04. The molecule has 0 saturated heterocycles. The topological polar surface area (TPSA) is 58.2 Å². The molecule has 10 heavy (non-hydrogen) atoms. The first-order chi connectivity index (χ1) is 4.57. The van der Waals surface area contributed by atoms with Crippen molar-refractivity contribution in [3.8, 4) is 0 Å². The Morgan fingerprint density at radius 3 is 2.20 bits per heavy atom. The van der Waals surface area contributed by atoms with E-state index in [4.69, 9.17) is 0 Å². The van der Waals surface area contributed by atoms with Crippen LogP contribution in [0.1, 0.15) is 13.8 Å². The van der Waals surface area contributed by atoms with Crippen LogP contribution in [0.15, 0.2) is 0 Å².